The zero-order valence-electron chi connectivity index (χ0n) is 9.17. The molecule has 0 fully saturated rings. The van der Waals surface area contributed by atoms with Gasteiger partial charge in [0.25, 0.3) is 0 Å². The van der Waals surface area contributed by atoms with Crippen LogP contribution < -0.4 is 5.32 Å². The van der Waals surface area contributed by atoms with Crippen LogP contribution >= 0.6 is 0 Å². The van der Waals surface area contributed by atoms with Gasteiger partial charge in [-0.3, -0.25) is 0 Å². The quantitative estimate of drug-likeness (QED) is 0.481. The average Bonchev–Trinajstić information content (AvgIpc) is 2.40. The van der Waals surface area contributed by atoms with Gasteiger partial charge >= 0.3 is 0 Å². The highest BCUT2D eigenvalue weighted by atomic mass is 15.0. The molecule has 0 aromatic heterocycles. The van der Waals surface area contributed by atoms with Gasteiger partial charge in [-0.15, -0.1) is 0 Å². The summed E-state index contributed by atoms with van der Waals surface area (Å²) in [4.78, 5) is 4.22. The molecule has 0 aliphatic carbocycles. The molecule has 0 unspecified atom stereocenters. The summed E-state index contributed by atoms with van der Waals surface area (Å²) in [5.41, 5.74) is 1.61. The molecule has 1 N–H and O–H groups in total. The first kappa shape index (κ1) is 10.9. The minimum absolute atomic E-state index is 0.280. The molecule has 3 nitrogen and oxygen atoms in total. The monoisotopic (exact) mass is 222 g/mol. The molecular weight excluding hydrogens is 211 g/mol. The number of para-hydroxylation sites is 2. The van der Waals surface area contributed by atoms with Gasteiger partial charge in [0.1, 0.15) is 6.07 Å². The van der Waals surface area contributed by atoms with Gasteiger partial charge in [0.15, 0.2) is 0 Å². The molecule has 2 rings (SSSR count). The molecule has 0 aliphatic heterocycles. The van der Waals surface area contributed by atoms with Crippen molar-refractivity contribution in [2.24, 2.45) is 4.99 Å². The molecule has 0 spiro atoms. The van der Waals surface area contributed by atoms with Gasteiger partial charge in [0.2, 0.25) is 5.84 Å². The second kappa shape index (κ2) is 5.47. The van der Waals surface area contributed by atoms with Crippen LogP contribution in [-0.4, -0.2) is 5.84 Å². The van der Waals surface area contributed by atoms with Gasteiger partial charge in [-0.1, -0.05) is 36.4 Å². The van der Waals surface area contributed by atoms with Crippen LogP contribution in [0.25, 0.3) is 0 Å². The third-order valence-corrected chi connectivity index (χ3v) is 2.14. The first-order valence-corrected chi connectivity index (χ1v) is 5.24. The maximum atomic E-state index is 9.01. The average molecular weight is 222 g/mol. The summed E-state index contributed by atoms with van der Waals surface area (Å²) < 4.78 is 0. The Balaban J connectivity index is 2.19. The molecule has 0 saturated carbocycles. The summed E-state index contributed by atoms with van der Waals surface area (Å²) in [5.74, 6) is 0.280. The Morgan fingerprint density at radius 2 is 1.53 bits per heavy atom. The summed E-state index contributed by atoms with van der Waals surface area (Å²) in [5, 5.41) is 12.0. The second-order valence-corrected chi connectivity index (χ2v) is 3.40. The van der Waals surface area contributed by atoms with Crippen LogP contribution in [0.5, 0.6) is 0 Å². The number of aliphatic imine (C=N–C) groups is 1. The van der Waals surface area contributed by atoms with Crippen molar-refractivity contribution in [1.82, 2.24) is 0 Å². The van der Waals surface area contributed by atoms with E-state index in [2.05, 4.69) is 10.3 Å². The molecule has 2 aromatic rings. The predicted octanol–water partition coefficient (Wildman–Crippen LogP) is 3.35. The van der Waals surface area contributed by atoms with E-state index in [-0.39, 0.29) is 5.84 Å². The summed E-state index contributed by atoms with van der Waals surface area (Å²) >= 11 is 0. The molecule has 0 atom stereocenters. The lowest BCUT2D eigenvalue weighted by atomic mass is 10.3. The lowest BCUT2D eigenvalue weighted by Gasteiger charge is -2.02. The Bertz CT molecular complexity index is 539. The van der Waals surface area contributed by atoms with E-state index >= 15 is 0 Å². The van der Waals surface area contributed by atoms with Crippen LogP contribution in [-0.2, 0) is 0 Å². The topological polar surface area (TPSA) is 48.2 Å². The fraction of sp³-hybridized carbons (Fsp3) is 0. The number of hydrogen-bond acceptors (Lipinski definition) is 2. The van der Waals surface area contributed by atoms with Crippen LogP contribution in [0, 0.1) is 11.3 Å². The first-order valence-electron chi connectivity index (χ1n) is 5.24. The number of nitrogens with one attached hydrogen (secondary N) is 1. The summed E-state index contributed by atoms with van der Waals surface area (Å²) in [7, 11) is 0. The number of hydrogen-bond donors (Lipinski definition) is 1. The van der Waals surface area contributed by atoms with Crippen LogP contribution in [0.4, 0.5) is 11.4 Å². The summed E-state index contributed by atoms with van der Waals surface area (Å²) in [6, 6.07) is 20.9. The van der Waals surface area contributed by atoms with Crippen molar-refractivity contribution in [3.63, 3.8) is 0 Å². The van der Waals surface area contributed by atoms with Gasteiger partial charge in [0.05, 0.1) is 5.69 Å². The number of nitriles is 1. The molecule has 3 heteroatoms. The van der Waals surface area contributed by atoms with Crippen LogP contribution in [0.15, 0.2) is 65.7 Å². The highest BCUT2D eigenvalue weighted by Crippen LogP contribution is 2.11. The molecule has 0 aliphatic rings. The van der Waals surface area contributed by atoms with E-state index in [1.54, 1.807) is 0 Å². The van der Waals surface area contributed by atoms with Crippen molar-refractivity contribution in [2.45, 2.75) is 0 Å². The minimum Gasteiger partial charge on any atom is -0.331 e. The lowest BCUT2D eigenvalue weighted by Crippen LogP contribution is -2.08. The lowest BCUT2D eigenvalue weighted by molar-refractivity contribution is 1.47. The Labute approximate surface area is 100 Å². The Kier molecular flexibility index (Phi) is 3.51. The van der Waals surface area contributed by atoms with Gasteiger partial charge in [-0.2, -0.15) is 5.26 Å². The molecule has 0 radical (unpaired) electrons. The van der Waals surface area contributed by atoms with E-state index in [9.17, 15) is 0 Å². The third kappa shape index (κ3) is 3.18. The van der Waals surface area contributed by atoms with E-state index in [0.29, 0.717) is 0 Å². The van der Waals surface area contributed by atoms with Crippen molar-refractivity contribution in [3.05, 3.63) is 60.7 Å². The largest absolute Gasteiger partial charge is 0.331 e. The number of nitrogens with zero attached hydrogens (tertiary/aromatic N) is 2. The van der Waals surface area contributed by atoms with Crippen molar-refractivity contribution in [3.8, 4) is 6.07 Å². The number of benzene rings is 2. The smallest absolute Gasteiger partial charge is 0.211 e. The predicted molar refractivity (Wildman–Crippen MR) is 69.2 cm³/mol. The number of amidine groups is 1. The fourth-order valence-electron chi connectivity index (χ4n) is 1.37. The van der Waals surface area contributed by atoms with Crippen molar-refractivity contribution in [1.29, 1.82) is 5.26 Å². The van der Waals surface area contributed by atoms with Gasteiger partial charge in [-0.25, -0.2) is 4.99 Å². The van der Waals surface area contributed by atoms with Crippen molar-refractivity contribution in [2.75, 3.05) is 5.32 Å². The summed E-state index contributed by atoms with van der Waals surface area (Å²) in [6.45, 7) is 0. The van der Waals surface area contributed by atoms with Gasteiger partial charge in [0, 0.05) is 5.69 Å². The van der Waals surface area contributed by atoms with Crippen molar-refractivity contribution < 1.29 is 0 Å². The molecular formula is C14H11N3. The number of rotatable bonds is 2. The first-order chi connectivity index (χ1) is 8.38. The van der Waals surface area contributed by atoms with E-state index in [1.165, 1.54) is 0 Å². The highest BCUT2D eigenvalue weighted by Gasteiger charge is 1.98. The maximum absolute atomic E-state index is 9.01. The van der Waals surface area contributed by atoms with Crippen molar-refractivity contribution >= 4 is 17.2 Å². The molecule has 2 aromatic carbocycles. The van der Waals surface area contributed by atoms with Crippen LogP contribution in [0.1, 0.15) is 0 Å². The fourth-order valence-corrected chi connectivity index (χ4v) is 1.37. The molecule has 17 heavy (non-hydrogen) atoms. The van der Waals surface area contributed by atoms with E-state index in [0.717, 1.165) is 11.4 Å². The standard InChI is InChI=1S/C14H11N3/c15-11-14(16-12-7-3-1-4-8-12)17-13-9-5-2-6-10-13/h1-10H,(H,16,17)/i11+1. The third-order valence-electron chi connectivity index (χ3n) is 2.14. The highest BCUT2D eigenvalue weighted by molar-refractivity contribution is 6.07. The molecule has 0 heterocycles. The van der Waals surface area contributed by atoms with Gasteiger partial charge < -0.3 is 5.32 Å². The minimum atomic E-state index is 0.280. The second-order valence-electron chi connectivity index (χ2n) is 3.40. The number of anilines is 1. The van der Waals surface area contributed by atoms with E-state index < -0.39 is 0 Å². The SMILES string of the molecule is N#[13C]C(=Nc1ccccc1)Nc1ccccc1. The van der Waals surface area contributed by atoms with E-state index in [4.69, 9.17) is 5.26 Å². The molecule has 0 saturated heterocycles. The Morgan fingerprint density at radius 1 is 0.941 bits per heavy atom. The van der Waals surface area contributed by atoms with E-state index in [1.807, 2.05) is 66.7 Å². The van der Waals surface area contributed by atoms with Crippen LogP contribution in [0.2, 0.25) is 0 Å². The molecule has 0 amide bonds. The normalized spacial score (nSPS) is 10.6. The van der Waals surface area contributed by atoms with Crippen LogP contribution in [0.3, 0.4) is 0 Å². The van der Waals surface area contributed by atoms with Gasteiger partial charge in [-0.05, 0) is 24.3 Å². The zero-order valence-corrected chi connectivity index (χ0v) is 9.17. The Hall–Kier alpha value is -2.60. The maximum Gasteiger partial charge on any atom is 0.211 e. The summed E-state index contributed by atoms with van der Waals surface area (Å²) in [6.07, 6.45) is 0. The zero-order chi connectivity index (χ0) is 11.9. The Morgan fingerprint density at radius 3 is 2.12 bits per heavy atom. The molecule has 0 bridgehead atoms. The molecule has 82 valence electrons.